The first-order valence-electron chi connectivity index (χ1n) is 7.69. The first kappa shape index (κ1) is 16.3. The zero-order chi connectivity index (χ0) is 16.9. The van der Waals surface area contributed by atoms with Crippen LogP contribution in [-0.4, -0.2) is 23.8 Å². The molecule has 3 aromatic rings. The van der Waals surface area contributed by atoms with Gasteiger partial charge in [0.25, 0.3) is 5.91 Å². The summed E-state index contributed by atoms with van der Waals surface area (Å²) in [4.78, 5) is 18.1. The van der Waals surface area contributed by atoms with Crippen LogP contribution in [0.2, 0.25) is 0 Å². The Balaban J connectivity index is 1.99. The lowest BCUT2D eigenvalue weighted by atomic mass is 10.1. The van der Waals surface area contributed by atoms with Crippen molar-refractivity contribution in [1.29, 1.82) is 0 Å². The maximum absolute atomic E-state index is 12.8. The molecular formula is C19H18N2O2S. The van der Waals surface area contributed by atoms with Gasteiger partial charge in [-0.05, 0) is 30.0 Å². The molecule has 1 amide bonds. The number of anilines is 1. The van der Waals surface area contributed by atoms with Gasteiger partial charge in [0.1, 0.15) is 5.75 Å². The van der Waals surface area contributed by atoms with Crippen LogP contribution in [-0.2, 0) is 0 Å². The fourth-order valence-electron chi connectivity index (χ4n) is 2.50. The average molecular weight is 338 g/mol. The van der Waals surface area contributed by atoms with Gasteiger partial charge in [-0.2, -0.15) is 0 Å². The lowest BCUT2D eigenvalue weighted by Gasteiger charge is -2.12. The highest BCUT2D eigenvalue weighted by Gasteiger charge is 2.14. The number of benzene rings is 2. The average Bonchev–Trinajstić information content (AvgIpc) is 2.62. The van der Waals surface area contributed by atoms with E-state index in [-0.39, 0.29) is 5.91 Å². The second kappa shape index (κ2) is 7.36. The summed E-state index contributed by atoms with van der Waals surface area (Å²) in [5.74, 6) is 1.45. The van der Waals surface area contributed by atoms with E-state index in [4.69, 9.17) is 4.74 Å². The Hall–Kier alpha value is -2.53. The van der Waals surface area contributed by atoms with Crippen LogP contribution in [0.5, 0.6) is 5.75 Å². The van der Waals surface area contributed by atoms with Gasteiger partial charge in [-0.1, -0.05) is 25.1 Å². The fraction of sp³-hybridized carbons (Fsp3) is 0.158. The fourth-order valence-corrected chi connectivity index (χ4v) is 3.31. The number of amides is 1. The largest absolute Gasteiger partial charge is 0.497 e. The molecule has 4 nitrogen and oxygen atoms in total. The number of thioether (sulfide) groups is 1. The van der Waals surface area contributed by atoms with E-state index in [1.807, 2.05) is 42.5 Å². The van der Waals surface area contributed by atoms with E-state index in [0.29, 0.717) is 17.0 Å². The summed E-state index contributed by atoms with van der Waals surface area (Å²) in [5.41, 5.74) is 2.05. The number of nitrogens with one attached hydrogen (secondary N) is 1. The third-order valence-corrected chi connectivity index (χ3v) is 4.55. The smallest absolute Gasteiger partial charge is 0.256 e. The van der Waals surface area contributed by atoms with Crippen LogP contribution in [0.15, 0.2) is 59.6 Å². The van der Waals surface area contributed by atoms with E-state index in [1.165, 1.54) is 0 Å². The minimum atomic E-state index is -0.147. The predicted octanol–water partition coefficient (Wildman–Crippen LogP) is 4.61. The monoisotopic (exact) mass is 338 g/mol. The first-order valence-corrected chi connectivity index (χ1v) is 8.67. The number of carbonyl (C=O) groups excluding carboxylic acids is 1. The summed E-state index contributed by atoms with van der Waals surface area (Å²) in [7, 11) is 1.61. The molecule has 0 aliphatic heterocycles. The number of hydrogen-bond acceptors (Lipinski definition) is 4. The summed E-state index contributed by atoms with van der Waals surface area (Å²) in [6, 6.07) is 15.1. The number of ether oxygens (including phenoxy) is 1. The van der Waals surface area contributed by atoms with E-state index in [9.17, 15) is 4.79 Å². The molecule has 0 fully saturated rings. The SMILES string of the molecule is CCSc1ccccc1C(=O)Nc1cc(OC)cc2cccnc12. The first-order chi connectivity index (χ1) is 11.7. The lowest BCUT2D eigenvalue weighted by molar-refractivity contribution is 0.102. The standard InChI is InChI=1S/C19H18N2O2S/c1-3-24-17-9-5-4-8-15(17)19(22)21-16-12-14(23-2)11-13-7-6-10-20-18(13)16/h4-12H,3H2,1-2H3,(H,21,22). The molecule has 0 aliphatic carbocycles. The van der Waals surface area contributed by atoms with Crippen molar-refractivity contribution in [2.75, 3.05) is 18.2 Å². The molecule has 0 saturated heterocycles. The molecule has 122 valence electrons. The van der Waals surface area contributed by atoms with Crippen molar-refractivity contribution in [3.8, 4) is 5.75 Å². The van der Waals surface area contributed by atoms with Crippen molar-refractivity contribution in [3.63, 3.8) is 0 Å². The van der Waals surface area contributed by atoms with Gasteiger partial charge in [-0.25, -0.2) is 0 Å². The quantitative estimate of drug-likeness (QED) is 0.690. The van der Waals surface area contributed by atoms with E-state index in [1.54, 1.807) is 31.1 Å². The number of rotatable bonds is 5. The van der Waals surface area contributed by atoms with E-state index < -0.39 is 0 Å². The van der Waals surface area contributed by atoms with Crippen molar-refractivity contribution in [3.05, 3.63) is 60.3 Å². The third kappa shape index (κ3) is 3.36. The number of pyridine rings is 1. The van der Waals surface area contributed by atoms with Gasteiger partial charge in [0.2, 0.25) is 0 Å². The Morgan fingerprint density at radius 3 is 2.83 bits per heavy atom. The summed E-state index contributed by atoms with van der Waals surface area (Å²) < 4.78 is 5.33. The maximum Gasteiger partial charge on any atom is 0.256 e. The Morgan fingerprint density at radius 1 is 1.21 bits per heavy atom. The molecule has 5 heteroatoms. The highest BCUT2D eigenvalue weighted by molar-refractivity contribution is 7.99. The molecule has 0 unspecified atom stereocenters. The number of aromatic nitrogens is 1. The molecule has 0 radical (unpaired) electrons. The van der Waals surface area contributed by atoms with E-state index >= 15 is 0 Å². The second-order valence-electron chi connectivity index (χ2n) is 5.13. The summed E-state index contributed by atoms with van der Waals surface area (Å²) in [5, 5.41) is 3.90. The molecule has 0 spiro atoms. The predicted molar refractivity (Wildman–Crippen MR) is 99.1 cm³/mol. The van der Waals surface area contributed by atoms with Crippen LogP contribution in [0.25, 0.3) is 10.9 Å². The van der Waals surface area contributed by atoms with Gasteiger partial charge in [0.15, 0.2) is 0 Å². The molecule has 1 heterocycles. The molecule has 3 rings (SSSR count). The van der Waals surface area contributed by atoms with Crippen molar-refractivity contribution in [1.82, 2.24) is 4.98 Å². The summed E-state index contributed by atoms with van der Waals surface area (Å²) in [6.07, 6.45) is 1.71. The molecule has 1 N–H and O–H groups in total. The van der Waals surface area contributed by atoms with Gasteiger partial charge < -0.3 is 10.1 Å². The number of nitrogens with zero attached hydrogens (tertiary/aromatic N) is 1. The molecule has 0 saturated carbocycles. The van der Waals surface area contributed by atoms with E-state index in [2.05, 4.69) is 17.2 Å². The van der Waals surface area contributed by atoms with Gasteiger partial charge in [-0.15, -0.1) is 11.8 Å². The summed E-state index contributed by atoms with van der Waals surface area (Å²) >= 11 is 1.65. The van der Waals surface area contributed by atoms with E-state index in [0.717, 1.165) is 21.6 Å². The minimum absolute atomic E-state index is 0.147. The van der Waals surface area contributed by atoms with Crippen LogP contribution in [0, 0.1) is 0 Å². The summed E-state index contributed by atoms with van der Waals surface area (Å²) in [6.45, 7) is 2.07. The molecule has 0 aliphatic rings. The number of methoxy groups -OCH3 is 1. The van der Waals surface area contributed by atoms with Gasteiger partial charge in [-0.3, -0.25) is 9.78 Å². The van der Waals surface area contributed by atoms with Gasteiger partial charge in [0, 0.05) is 22.5 Å². The molecule has 0 atom stereocenters. The maximum atomic E-state index is 12.8. The lowest BCUT2D eigenvalue weighted by Crippen LogP contribution is -2.13. The normalized spacial score (nSPS) is 10.6. The minimum Gasteiger partial charge on any atom is -0.497 e. The Kier molecular flexibility index (Phi) is 5.01. The zero-order valence-electron chi connectivity index (χ0n) is 13.6. The third-order valence-electron chi connectivity index (χ3n) is 3.59. The van der Waals surface area contributed by atoms with Crippen LogP contribution >= 0.6 is 11.8 Å². The molecule has 0 bridgehead atoms. The van der Waals surface area contributed by atoms with Crippen molar-refractivity contribution in [2.45, 2.75) is 11.8 Å². The number of hydrogen-bond donors (Lipinski definition) is 1. The van der Waals surface area contributed by atoms with Crippen molar-refractivity contribution < 1.29 is 9.53 Å². The van der Waals surface area contributed by atoms with Crippen LogP contribution in [0.4, 0.5) is 5.69 Å². The topological polar surface area (TPSA) is 51.2 Å². The molecular weight excluding hydrogens is 320 g/mol. The van der Waals surface area contributed by atoms with Crippen molar-refractivity contribution in [2.24, 2.45) is 0 Å². The van der Waals surface area contributed by atoms with Crippen molar-refractivity contribution >= 4 is 34.3 Å². The Bertz CT molecular complexity index is 880. The van der Waals surface area contributed by atoms with Crippen LogP contribution in [0.1, 0.15) is 17.3 Å². The molecule has 2 aromatic carbocycles. The number of fused-ring (bicyclic) bond motifs is 1. The van der Waals surface area contributed by atoms with Gasteiger partial charge >= 0.3 is 0 Å². The zero-order valence-corrected chi connectivity index (χ0v) is 14.4. The highest BCUT2D eigenvalue weighted by atomic mass is 32.2. The van der Waals surface area contributed by atoms with Crippen LogP contribution in [0.3, 0.4) is 0 Å². The Labute approximate surface area is 145 Å². The molecule has 24 heavy (non-hydrogen) atoms. The highest BCUT2D eigenvalue weighted by Crippen LogP contribution is 2.29. The van der Waals surface area contributed by atoms with Crippen LogP contribution < -0.4 is 10.1 Å². The number of carbonyl (C=O) groups is 1. The molecule has 1 aromatic heterocycles. The van der Waals surface area contributed by atoms with Gasteiger partial charge in [0.05, 0.1) is 23.9 Å². The Morgan fingerprint density at radius 2 is 2.04 bits per heavy atom. The second-order valence-corrected chi connectivity index (χ2v) is 6.44.